The van der Waals surface area contributed by atoms with Gasteiger partial charge >= 0.3 is 0 Å². The van der Waals surface area contributed by atoms with Crippen LogP contribution in [0, 0.1) is 28.6 Å². The fourth-order valence-electron chi connectivity index (χ4n) is 5.00. The van der Waals surface area contributed by atoms with Crippen molar-refractivity contribution in [3.63, 3.8) is 0 Å². The van der Waals surface area contributed by atoms with Gasteiger partial charge in [0.25, 0.3) is 0 Å². The molecule has 0 aromatic rings. The number of nitrogens with two attached hydrogens (primary N) is 1. The van der Waals surface area contributed by atoms with Crippen LogP contribution in [0.3, 0.4) is 0 Å². The molecule has 13 heteroatoms. The Labute approximate surface area is 369 Å². The molecule has 0 saturated carbocycles. The van der Waals surface area contributed by atoms with Crippen molar-refractivity contribution < 1.29 is 38.1 Å². The smallest absolute Gasteiger partial charge is 0.222 e. The molecule has 358 valence electrons. The topological polar surface area (TPSA) is 183 Å². The lowest BCUT2D eigenvalue weighted by molar-refractivity contribution is -0.167. The summed E-state index contributed by atoms with van der Waals surface area (Å²) in [5.74, 6) is 0.191. The zero-order valence-electron chi connectivity index (χ0n) is 42.9. The molecule has 5 N–H and O–H groups in total. The minimum atomic E-state index is -0.460. The molecule has 0 aromatic carbocycles. The summed E-state index contributed by atoms with van der Waals surface area (Å²) in [6, 6.07) is 2.21. The summed E-state index contributed by atoms with van der Waals surface area (Å²) >= 11 is 0. The van der Waals surface area contributed by atoms with E-state index in [1.165, 1.54) is 0 Å². The van der Waals surface area contributed by atoms with Crippen molar-refractivity contribution in [1.29, 1.82) is 5.26 Å². The minimum Gasteiger partial charge on any atom is -0.378 e. The van der Waals surface area contributed by atoms with Crippen molar-refractivity contribution in [2.24, 2.45) is 23.0 Å². The predicted octanol–water partition coefficient (Wildman–Crippen LogP) is 8.51. The van der Waals surface area contributed by atoms with Gasteiger partial charge < -0.3 is 45.4 Å². The highest BCUT2D eigenvalue weighted by Crippen LogP contribution is 2.25. The molecule has 13 nitrogen and oxygen atoms in total. The van der Waals surface area contributed by atoms with Gasteiger partial charge in [0.05, 0.1) is 71.5 Å². The molecule has 0 aliphatic rings. The standard InChI is InChI=1S/C20H38N2O3.C17H35NO3.C8H18N2O2.C2H6/c1-17(2,3)25-20(8,9)15-24-19(6,7)12-13-22-16(23)10-11-18(4,5)14-21;1-13(2)14(19)18-11-10-16(6,7)20-12-17(8,9)21-15(3,4)5;1-7(2)8(11)10-4-6-12-5-3-9;1-2/h10-13,15H2,1-9H3,(H,22,23);13H,10-12H2,1-9H3,(H,18,19);7H,3-6,9H2,1-2H3,(H,10,11);1-2H3. The zero-order chi connectivity index (χ0) is 48.2. The molecule has 3 amide bonds. The molecular weight excluding hydrogens is 763 g/mol. The molecule has 0 saturated heterocycles. The number of nitrogens with zero attached hydrogens (tertiary/aromatic N) is 1. The fraction of sp³-hybridized carbons (Fsp3) is 0.915. The lowest BCUT2D eigenvalue weighted by Gasteiger charge is -2.36. The number of nitriles is 1. The number of ether oxygens (including phenoxy) is 5. The molecule has 60 heavy (non-hydrogen) atoms. The molecule has 0 radical (unpaired) electrons. The van der Waals surface area contributed by atoms with Gasteiger partial charge in [-0.2, -0.15) is 5.26 Å². The van der Waals surface area contributed by atoms with E-state index in [1.807, 2.05) is 152 Å². The largest absolute Gasteiger partial charge is 0.378 e. The first-order valence-electron chi connectivity index (χ1n) is 22.2. The van der Waals surface area contributed by atoms with Crippen LogP contribution in [0.5, 0.6) is 0 Å². The molecule has 0 spiro atoms. The number of carbonyl (C=O) groups excluding carboxylic acids is 3. The van der Waals surface area contributed by atoms with Crippen LogP contribution >= 0.6 is 0 Å². The molecule has 0 bridgehead atoms. The van der Waals surface area contributed by atoms with Crippen LogP contribution in [0.4, 0.5) is 0 Å². The maximum atomic E-state index is 11.9. The highest BCUT2D eigenvalue weighted by Gasteiger charge is 2.31. The quantitative estimate of drug-likeness (QED) is 0.0687. The third kappa shape index (κ3) is 43.7. The molecule has 0 unspecified atom stereocenters. The van der Waals surface area contributed by atoms with Gasteiger partial charge in [0.1, 0.15) is 0 Å². The van der Waals surface area contributed by atoms with E-state index in [0.29, 0.717) is 71.9 Å². The maximum Gasteiger partial charge on any atom is 0.222 e. The van der Waals surface area contributed by atoms with E-state index >= 15 is 0 Å². The normalized spacial score (nSPS) is 12.5. The van der Waals surface area contributed by atoms with Crippen molar-refractivity contribution in [2.45, 2.75) is 212 Å². The van der Waals surface area contributed by atoms with Crippen molar-refractivity contribution in [3.8, 4) is 6.07 Å². The Kier molecular flexibility index (Phi) is 32.9. The lowest BCUT2D eigenvalue weighted by Crippen LogP contribution is -2.42. The molecule has 0 aliphatic heterocycles. The monoisotopic (exact) mass is 860 g/mol. The van der Waals surface area contributed by atoms with Crippen molar-refractivity contribution in [3.05, 3.63) is 0 Å². The summed E-state index contributed by atoms with van der Waals surface area (Å²) in [7, 11) is 0. The van der Waals surface area contributed by atoms with E-state index in [1.54, 1.807) is 0 Å². The van der Waals surface area contributed by atoms with Crippen LogP contribution in [-0.4, -0.2) is 104 Å². The van der Waals surface area contributed by atoms with E-state index in [4.69, 9.17) is 34.7 Å². The second-order valence-corrected chi connectivity index (χ2v) is 20.7. The van der Waals surface area contributed by atoms with Crippen molar-refractivity contribution >= 4 is 17.7 Å². The Bertz CT molecular complexity index is 1190. The van der Waals surface area contributed by atoms with E-state index in [9.17, 15) is 14.4 Å². The fourth-order valence-corrected chi connectivity index (χ4v) is 5.00. The van der Waals surface area contributed by atoms with Gasteiger partial charge in [0, 0.05) is 44.4 Å². The van der Waals surface area contributed by atoms with Gasteiger partial charge in [0.15, 0.2) is 0 Å². The Morgan fingerprint density at radius 2 is 0.933 bits per heavy atom. The molecule has 0 aliphatic carbocycles. The minimum absolute atomic E-state index is 0.0180. The zero-order valence-corrected chi connectivity index (χ0v) is 42.9. The van der Waals surface area contributed by atoms with E-state index in [0.717, 1.165) is 6.42 Å². The van der Waals surface area contributed by atoms with Crippen LogP contribution in [0.25, 0.3) is 0 Å². The summed E-state index contributed by atoms with van der Waals surface area (Å²) in [6.45, 7) is 48.0. The molecule has 0 rings (SSSR count). The second-order valence-electron chi connectivity index (χ2n) is 20.7. The Hall–Kier alpha value is -2.34. The number of rotatable bonds is 24. The first-order valence-corrected chi connectivity index (χ1v) is 22.2. The van der Waals surface area contributed by atoms with Crippen LogP contribution in [-0.2, 0) is 38.1 Å². The Morgan fingerprint density at radius 1 is 0.567 bits per heavy atom. The van der Waals surface area contributed by atoms with Gasteiger partial charge in [0.2, 0.25) is 17.7 Å². The average Bonchev–Trinajstić information content (AvgIpc) is 3.08. The molecule has 0 fully saturated rings. The number of hydrogen-bond donors (Lipinski definition) is 4. The Balaban J connectivity index is -0.000000405. The van der Waals surface area contributed by atoms with Gasteiger partial charge in [-0.05, 0) is 130 Å². The third-order valence-corrected chi connectivity index (χ3v) is 8.00. The van der Waals surface area contributed by atoms with Gasteiger partial charge in [-0.3, -0.25) is 14.4 Å². The van der Waals surface area contributed by atoms with Crippen LogP contribution < -0.4 is 21.7 Å². The van der Waals surface area contributed by atoms with Crippen LogP contribution in [0.2, 0.25) is 0 Å². The van der Waals surface area contributed by atoms with Crippen molar-refractivity contribution in [2.75, 3.05) is 52.6 Å². The van der Waals surface area contributed by atoms with E-state index in [2.05, 4.69) is 22.0 Å². The summed E-state index contributed by atoms with van der Waals surface area (Å²) in [5.41, 5.74) is 2.99. The van der Waals surface area contributed by atoms with Crippen LogP contribution in [0.1, 0.15) is 178 Å². The summed E-state index contributed by atoms with van der Waals surface area (Å²) < 4.78 is 29.1. The maximum absolute atomic E-state index is 11.9. The van der Waals surface area contributed by atoms with E-state index in [-0.39, 0.29) is 63.2 Å². The predicted molar refractivity (Wildman–Crippen MR) is 248 cm³/mol. The highest BCUT2D eigenvalue weighted by molar-refractivity contribution is 5.78. The highest BCUT2D eigenvalue weighted by atomic mass is 16.6. The first kappa shape index (κ1) is 64.3. The van der Waals surface area contributed by atoms with Crippen LogP contribution in [0.15, 0.2) is 0 Å². The first-order chi connectivity index (χ1) is 27.0. The summed E-state index contributed by atoms with van der Waals surface area (Å²) in [5, 5.41) is 17.5. The SMILES string of the molecule is CC.CC(C)(C#N)CCC(=O)NCCC(C)(C)OCC(C)(C)OC(C)(C)C.CC(C)C(=O)NCCC(C)(C)OCC(C)(C)OC(C)(C)C.CC(C)C(=O)NCCOCCN. The number of hydrogen-bond acceptors (Lipinski definition) is 10. The molecule has 0 heterocycles. The van der Waals surface area contributed by atoms with E-state index < -0.39 is 5.41 Å². The third-order valence-electron chi connectivity index (χ3n) is 8.00. The molecule has 0 aromatic heterocycles. The average molecular weight is 860 g/mol. The molecule has 0 atom stereocenters. The number of nitrogens with one attached hydrogen (secondary N) is 3. The van der Waals surface area contributed by atoms with Gasteiger partial charge in [-0.25, -0.2) is 0 Å². The van der Waals surface area contributed by atoms with Gasteiger partial charge in [-0.15, -0.1) is 0 Å². The number of amides is 3. The lowest BCUT2D eigenvalue weighted by atomic mass is 9.90. The Morgan fingerprint density at radius 3 is 1.27 bits per heavy atom. The summed E-state index contributed by atoms with van der Waals surface area (Å²) in [4.78, 5) is 34.4. The van der Waals surface area contributed by atoms with Crippen molar-refractivity contribution in [1.82, 2.24) is 16.0 Å². The van der Waals surface area contributed by atoms with Gasteiger partial charge in [-0.1, -0.05) is 41.5 Å². The second kappa shape index (κ2) is 30.7. The molecular formula is C47H97N5O8. The summed E-state index contributed by atoms with van der Waals surface area (Å²) in [6.07, 6.45) is 2.42. The number of carbonyl (C=O) groups is 3.